The van der Waals surface area contributed by atoms with Crippen LogP contribution in [0.15, 0.2) is 30.9 Å². The first kappa shape index (κ1) is 20.7. The van der Waals surface area contributed by atoms with Crippen LogP contribution in [-0.2, 0) is 19.1 Å². The Balaban J connectivity index is 2.05. The second-order valence-corrected chi connectivity index (χ2v) is 6.19. The molecule has 0 aliphatic carbocycles. The summed E-state index contributed by atoms with van der Waals surface area (Å²) < 4.78 is 36.4. The molecule has 0 spiro atoms. The zero-order chi connectivity index (χ0) is 20.2. The van der Waals surface area contributed by atoms with Crippen molar-refractivity contribution in [2.45, 2.75) is 30.6 Å². The number of nitrogens with one attached hydrogen (secondary N) is 2. The lowest BCUT2D eigenvalue weighted by Crippen LogP contribution is -2.50. The second kappa shape index (κ2) is 8.36. The molecule has 146 valence electrons. The molecule has 7 nitrogen and oxygen atoms in total. The molecule has 1 saturated heterocycles. The van der Waals surface area contributed by atoms with E-state index in [9.17, 15) is 23.5 Å². The Bertz CT molecular complexity index is 750. The number of ether oxygens (including phenoxy) is 2. The highest BCUT2D eigenvalue weighted by Crippen LogP contribution is 2.20. The van der Waals surface area contributed by atoms with Crippen LogP contribution in [0.4, 0.5) is 8.78 Å². The molecule has 0 radical (unpaired) electrons. The molecule has 1 heterocycles. The van der Waals surface area contributed by atoms with Gasteiger partial charge < -0.3 is 25.3 Å². The molecule has 0 saturated carbocycles. The van der Waals surface area contributed by atoms with Gasteiger partial charge in [-0.2, -0.15) is 0 Å². The largest absolute Gasteiger partial charge is 0.467 e. The van der Waals surface area contributed by atoms with Gasteiger partial charge in [-0.1, -0.05) is 12.7 Å². The molecular weight excluding hydrogens is 362 g/mol. The molecule has 1 aromatic carbocycles. The third-order valence-corrected chi connectivity index (χ3v) is 4.18. The predicted octanol–water partition coefficient (Wildman–Crippen LogP) is 1.09. The van der Waals surface area contributed by atoms with E-state index in [4.69, 9.17) is 10.1 Å². The Hall–Kier alpha value is -2.65. The predicted molar refractivity (Wildman–Crippen MR) is 91.3 cm³/mol. The van der Waals surface area contributed by atoms with Gasteiger partial charge >= 0.3 is 5.97 Å². The zero-order valence-corrected chi connectivity index (χ0v) is 14.6. The summed E-state index contributed by atoms with van der Waals surface area (Å²) in [7, 11) is 1.22. The van der Waals surface area contributed by atoms with E-state index in [1.54, 1.807) is 0 Å². The van der Waals surface area contributed by atoms with Gasteiger partial charge in [0.1, 0.15) is 11.6 Å². The van der Waals surface area contributed by atoms with Crippen LogP contribution < -0.4 is 5.32 Å². The van der Waals surface area contributed by atoms with E-state index in [2.05, 4.69) is 16.6 Å². The smallest absolute Gasteiger partial charge is 0.335 e. The third kappa shape index (κ3) is 4.95. The van der Waals surface area contributed by atoms with Crippen LogP contribution in [0.2, 0.25) is 0 Å². The molecule has 1 aliphatic heterocycles. The van der Waals surface area contributed by atoms with Crippen molar-refractivity contribution in [1.29, 1.82) is 5.41 Å². The molecule has 1 unspecified atom stereocenters. The molecule has 1 aliphatic rings. The monoisotopic (exact) mass is 382 g/mol. The van der Waals surface area contributed by atoms with Crippen molar-refractivity contribution >= 4 is 17.6 Å². The number of hydrogen-bond acceptors (Lipinski definition) is 6. The van der Waals surface area contributed by atoms with Gasteiger partial charge in [-0.25, -0.2) is 13.6 Å². The maximum absolute atomic E-state index is 13.3. The molecule has 3 N–H and O–H groups in total. The standard InChI is InChI=1S/C18H20F2N2O5/c1-3-18(25,8-14(21)10-4-11(19)6-12(20)5-10)17(24)22-13-7-15(27-9-13)16(23)26-2/h3-6,13,15,21,25H,1,7-9H2,2H3,(H,22,24)/t13-,15-,18?/m1/s1. The molecule has 3 atom stereocenters. The summed E-state index contributed by atoms with van der Waals surface area (Å²) >= 11 is 0. The summed E-state index contributed by atoms with van der Waals surface area (Å²) in [4.78, 5) is 23.9. The number of aliphatic hydroxyl groups is 1. The summed E-state index contributed by atoms with van der Waals surface area (Å²) in [5, 5.41) is 21.0. The Morgan fingerprint density at radius 1 is 1.44 bits per heavy atom. The van der Waals surface area contributed by atoms with Gasteiger partial charge in [0.15, 0.2) is 11.7 Å². The van der Waals surface area contributed by atoms with Crippen molar-refractivity contribution < 1.29 is 33.0 Å². The summed E-state index contributed by atoms with van der Waals surface area (Å²) in [6.45, 7) is 3.45. The molecule has 1 aromatic rings. The van der Waals surface area contributed by atoms with Crippen LogP contribution in [0, 0.1) is 17.0 Å². The van der Waals surface area contributed by atoms with E-state index in [0.29, 0.717) is 6.07 Å². The highest BCUT2D eigenvalue weighted by atomic mass is 19.1. The summed E-state index contributed by atoms with van der Waals surface area (Å²) in [5.41, 5.74) is -2.62. The minimum absolute atomic E-state index is 0.0469. The first-order valence-electron chi connectivity index (χ1n) is 8.08. The Kier molecular flexibility index (Phi) is 6.40. The lowest BCUT2D eigenvalue weighted by atomic mass is 9.92. The average molecular weight is 382 g/mol. The topological polar surface area (TPSA) is 109 Å². The van der Waals surface area contributed by atoms with Crippen molar-refractivity contribution in [2.24, 2.45) is 0 Å². The van der Waals surface area contributed by atoms with E-state index < -0.39 is 47.7 Å². The molecule has 0 bridgehead atoms. The molecule has 2 rings (SSSR count). The first-order chi connectivity index (χ1) is 12.7. The highest BCUT2D eigenvalue weighted by Gasteiger charge is 2.38. The molecule has 27 heavy (non-hydrogen) atoms. The molecule has 1 fully saturated rings. The van der Waals surface area contributed by atoms with Crippen LogP contribution in [-0.4, -0.2) is 54.2 Å². The van der Waals surface area contributed by atoms with Crippen LogP contribution in [0.5, 0.6) is 0 Å². The van der Waals surface area contributed by atoms with Crippen LogP contribution in [0.3, 0.4) is 0 Å². The Morgan fingerprint density at radius 2 is 2.07 bits per heavy atom. The first-order valence-corrected chi connectivity index (χ1v) is 8.08. The Morgan fingerprint density at radius 3 is 2.63 bits per heavy atom. The van der Waals surface area contributed by atoms with Gasteiger partial charge in [0.25, 0.3) is 5.91 Å². The maximum atomic E-state index is 13.3. The number of esters is 1. The maximum Gasteiger partial charge on any atom is 0.335 e. The van der Waals surface area contributed by atoms with Crippen molar-refractivity contribution in [3.63, 3.8) is 0 Å². The minimum Gasteiger partial charge on any atom is -0.467 e. The lowest BCUT2D eigenvalue weighted by Gasteiger charge is -2.25. The van der Waals surface area contributed by atoms with Crippen LogP contribution >= 0.6 is 0 Å². The summed E-state index contributed by atoms with van der Waals surface area (Å²) in [6, 6.07) is 1.96. The van der Waals surface area contributed by atoms with Gasteiger partial charge in [0.05, 0.1) is 19.8 Å². The summed E-state index contributed by atoms with van der Waals surface area (Å²) in [6.07, 6.45) is -0.247. The number of amides is 1. The van der Waals surface area contributed by atoms with E-state index in [0.717, 1.165) is 18.2 Å². The fraction of sp³-hybridized carbons (Fsp3) is 0.389. The van der Waals surface area contributed by atoms with Gasteiger partial charge in [-0.05, 0) is 12.1 Å². The quantitative estimate of drug-likeness (QED) is 0.372. The molecule has 9 heteroatoms. The van der Waals surface area contributed by atoms with Crippen molar-refractivity contribution in [3.05, 3.63) is 48.1 Å². The second-order valence-electron chi connectivity index (χ2n) is 6.19. The molecule has 1 amide bonds. The molecular formula is C18H20F2N2O5. The van der Waals surface area contributed by atoms with Crippen molar-refractivity contribution in [1.82, 2.24) is 5.32 Å². The van der Waals surface area contributed by atoms with Gasteiger partial charge in [-0.15, -0.1) is 0 Å². The SMILES string of the molecule is C=CC(O)(CC(=N)c1cc(F)cc(F)c1)C(=O)N[C@H]1CO[C@@H](C(=O)OC)C1. The molecule has 0 aromatic heterocycles. The third-order valence-electron chi connectivity index (χ3n) is 4.18. The van der Waals surface area contributed by atoms with E-state index >= 15 is 0 Å². The number of carbonyl (C=O) groups is 2. The van der Waals surface area contributed by atoms with Gasteiger partial charge in [0.2, 0.25) is 0 Å². The minimum atomic E-state index is -2.18. The van der Waals surface area contributed by atoms with Crippen molar-refractivity contribution in [3.8, 4) is 0 Å². The fourth-order valence-electron chi connectivity index (χ4n) is 2.68. The average Bonchev–Trinajstić information content (AvgIpc) is 3.08. The van der Waals surface area contributed by atoms with E-state index in [1.165, 1.54) is 7.11 Å². The van der Waals surface area contributed by atoms with E-state index in [1.807, 2.05) is 0 Å². The number of hydrogen-bond donors (Lipinski definition) is 3. The fourth-order valence-corrected chi connectivity index (χ4v) is 2.68. The van der Waals surface area contributed by atoms with E-state index in [-0.39, 0.29) is 24.3 Å². The van der Waals surface area contributed by atoms with Crippen molar-refractivity contribution in [2.75, 3.05) is 13.7 Å². The number of methoxy groups -OCH3 is 1. The number of halogens is 2. The highest BCUT2D eigenvalue weighted by molar-refractivity contribution is 6.03. The van der Waals surface area contributed by atoms with Crippen LogP contribution in [0.1, 0.15) is 18.4 Å². The normalized spacial score (nSPS) is 21.2. The van der Waals surface area contributed by atoms with Gasteiger partial charge in [0, 0.05) is 30.2 Å². The van der Waals surface area contributed by atoms with Crippen LogP contribution in [0.25, 0.3) is 0 Å². The number of carbonyl (C=O) groups excluding carboxylic acids is 2. The Labute approximate surface area is 154 Å². The van der Waals surface area contributed by atoms with Gasteiger partial charge in [-0.3, -0.25) is 4.79 Å². The number of benzene rings is 1. The zero-order valence-electron chi connectivity index (χ0n) is 14.6. The summed E-state index contributed by atoms with van der Waals surface area (Å²) in [5.74, 6) is -3.18. The number of rotatable bonds is 7. The lowest BCUT2D eigenvalue weighted by molar-refractivity contribution is -0.151.